The lowest BCUT2D eigenvalue weighted by atomic mass is 9.95. The fraction of sp³-hybridized carbons (Fsp3) is 0.625. The molecule has 1 aromatic heterocycles. The van der Waals surface area contributed by atoms with E-state index in [4.69, 9.17) is 0 Å². The SMILES string of the molecule is N#Cc1c(NC(=O)NC2CCCCC2)sc2c1CCCC2. The van der Waals surface area contributed by atoms with Crippen LogP contribution in [0.3, 0.4) is 0 Å². The van der Waals surface area contributed by atoms with E-state index in [1.165, 1.54) is 36.1 Å². The van der Waals surface area contributed by atoms with Crippen LogP contribution >= 0.6 is 11.3 Å². The molecule has 0 radical (unpaired) electrons. The molecule has 1 saturated carbocycles. The predicted molar refractivity (Wildman–Crippen MR) is 84.7 cm³/mol. The highest BCUT2D eigenvalue weighted by Gasteiger charge is 2.22. The summed E-state index contributed by atoms with van der Waals surface area (Å²) >= 11 is 1.58. The van der Waals surface area contributed by atoms with Crippen molar-refractivity contribution in [2.45, 2.75) is 63.8 Å². The normalized spacial score (nSPS) is 18.6. The zero-order valence-electron chi connectivity index (χ0n) is 12.2. The minimum Gasteiger partial charge on any atom is -0.335 e. The molecule has 0 unspecified atom stereocenters. The molecule has 1 fully saturated rings. The van der Waals surface area contributed by atoms with Crippen molar-refractivity contribution in [2.24, 2.45) is 0 Å². The average molecular weight is 303 g/mol. The largest absolute Gasteiger partial charge is 0.335 e. The quantitative estimate of drug-likeness (QED) is 0.868. The van der Waals surface area contributed by atoms with Gasteiger partial charge in [0, 0.05) is 10.9 Å². The molecule has 112 valence electrons. The first-order chi connectivity index (χ1) is 10.3. The summed E-state index contributed by atoms with van der Waals surface area (Å²) < 4.78 is 0. The maximum absolute atomic E-state index is 12.1. The highest BCUT2D eigenvalue weighted by Crippen LogP contribution is 2.37. The molecule has 0 bridgehead atoms. The Balaban J connectivity index is 1.68. The molecule has 5 heteroatoms. The third-order valence-electron chi connectivity index (χ3n) is 4.45. The molecular weight excluding hydrogens is 282 g/mol. The van der Waals surface area contributed by atoms with E-state index in [2.05, 4.69) is 16.7 Å². The maximum Gasteiger partial charge on any atom is 0.320 e. The molecular formula is C16H21N3OS. The van der Waals surface area contributed by atoms with Crippen LogP contribution in [0.15, 0.2) is 0 Å². The van der Waals surface area contributed by atoms with Crippen LogP contribution in [0.5, 0.6) is 0 Å². The number of nitriles is 1. The Morgan fingerprint density at radius 2 is 1.90 bits per heavy atom. The number of anilines is 1. The fourth-order valence-corrected chi connectivity index (χ4v) is 4.58. The van der Waals surface area contributed by atoms with Crippen molar-refractivity contribution >= 4 is 22.4 Å². The standard InChI is InChI=1S/C16H21N3OS/c17-10-13-12-8-4-5-9-14(12)21-15(13)19-16(20)18-11-6-2-1-3-7-11/h11H,1-9H2,(H2,18,19,20). The Bertz CT molecular complexity index is 567. The molecule has 0 saturated heterocycles. The van der Waals surface area contributed by atoms with Gasteiger partial charge in [-0.1, -0.05) is 19.3 Å². The van der Waals surface area contributed by atoms with Crippen molar-refractivity contribution in [1.82, 2.24) is 5.32 Å². The highest BCUT2D eigenvalue weighted by atomic mass is 32.1. The smallest absolute Gasteiger partial charge is 0.320 e. The Labute approximate surface area is 129 Å². The van der Waals surface area contributed by atoms with Crippen LogP contribution < -0.4 is 10.6 Å². The van der Waals surface area contributed by atoms with E-state index in [1.807, 2.05) is 0 Å². The van der Waals surface area contributed by atoms with Crippen molar-refractivity contribution in [3.8, 4) is 6.07 Å². The number of fused-ring (bicyclic) bond motifs is 1. The van der Waals surface area contributed by atoms with Crippen molar-refractivity contribution in [3.05, 3.63) is 16.0 Å². The molecule has 4 nitrogen and oxygen atoms in total. The summed E-state index contributed by atoms with van der Waals surface area (Å²) in [5.74, 6) is 0. The Hall–Kier alpha value is -1.54. The van der Waals surface area contributed by atoms with Crippen LogP contribution in [0.2, 0.25) is 0 Å². The van der Waals surface area contributed by atoms with Gasteiger partial charge in [0.2, 0.25) is 0 Å². The number of carbonyl (C=O) groups excluding carboxylic acids is 1. The molecule has 2 aliphatic carbocycles. The summed E-state index contributed by atoms with van der Waals surface area (Å²) in [5, 5.41) is 16.1. The molecule has 2 aliphatic rings. The zero-order valence-corrected chi connectivity index (χ0v) is 13.0. The second kappa shape index (κ2) is 6.48. The lowest BCUT2D eigenvalue weighted by Gasteiger charge is -2.22. The van der Waals surface area contributed by atoms with Gasteiger partial charge in [-0.05, 0) is 44.1 Å². The van der Waals surface area contributed by atoms with Crippen LogP contribution in [0.25, 0.3) is 0 Å². The minimum absolute atomic E-state index is 0.156. The van der Waals surface area contributed by atoms with Gasteiger partial charge in [0.05, 0.1) is 5.56 Å². The number of thiophene rings is 1. The summed E-state index contributed by atoms with van der Waals surface area (Å²) in [4.78, 5) is 13.4. The number of amides is 2. The second-order valence-corrected chi connectivity index (χ2v) is 7.07. The molecule has 0 atom stereocenters. The topological polar surface area (TPSA) is 64.9 Å². The number of carbonyl (C=O) groups is 1. The number of aryl methyl sites for hydroxylation is 1. The van der Waals surface area contributed by atoms with Gasteiger partial charge in [-0.3, -0.25) is 5.32 Å². The molecule has 1 heterocycles. The molecule has 1 aromatic rings. The summed E-state index contributed by atoms with van der Waals surface area (Å²) in [6.45, 7) is 0. The van der Waals surface area contributed by atoms with Crippen LogP contribution in [0.1, 0.15) is 60.9 Å². The maximum atomic E-state index is 12.1. The third-order valence-corrected chi connectivity index (χ3v) is 5.66. The number of hydrogen-bond acceptors (Lipinski definition) is 3. The number of rotatable bonds is 2. The summed E-state index contributed by atoms with van der Waals surface area (Å²) in [6.07, 6.45) is 10.2. The molecule has 2 N–H and O–H groups in total. The van der Waals surface area contributed by atoms with Gasteiger partial charge in [0.15, 0.2) is 0 Å². The van der Waals surface area contributed by atoms with Crippen LogP contribution in [0.4, 0.5) is 9.80 Å². The van der Waals surface area contributed by atoms with Gasteiger partial charge in [-0.25, -0.2) is 4.79 Å². The Morgan fingerprint density at radius 3 is 2.67 bits per heavy atom. The molecule has 0 aromatic carbocycles. The van der Waals surface area contributed by atoms with Gasteiger partial charge in [0.25, 0.3) is 0 Å². The first-order valence-electron chi connectivity index (χ1n) is 7.90. The summed E-state index contributed by atoms with van der Waals surface area (Å²) in [5.41, 5.74) is 1.86. The van der Waals surface area contributed by atoms with Gasteiger partial charge >= 0.3 is 6.03 Å². The molecule has 2 amide bonds. The van der Waals surface area contributed by atoms with E-state index in [0.717, 1.165) is 37.1 Å². The number of urea groups is 1. The first-order valence-corrected chi connectivity index (χ1v) is 8.71. The van der Waals surface area contributed by atoms with Gasteiger partial charge in [0.1, 0.15) is 11.1 Å². The van der Waals surface area contributed by atoms with Gasteiger partial charge < -0.3 is 5.32 Å². The lowest BCUT2D eigenvalue weighted by Crippen LogP contribution is -2.38. The van der Waals surface area contributed by atoms with Gasteiger partial charge in [-0.2, -0.15) is 5.26 Å². The molecule has 21 heavy (non-hydrogen) atoms. The molecule has 0 aliphatic heterocycles. The Kier molecular flexibility index (Phi) is 4.45. The van der Waals surface area contributed by atoms with Crippen LogP contribution in [-0.2, 0) is 12.8 Å². The second-order valence-electron chi connectivity index (χ2n) is 5.96. The Morgan fingerprint density at radius 1 is 1.14 bits per heavy atom. The third kappa shape index (κ3) is 3.21. The number of nitrogens with one attached hydrogen (secondary N) is 2. The zero-order chi connectivity index (χ0) is 14.7. The van der Waals surface area contributed by atoms with Crippen LogP contribution in [-0.4, -0.2) is 12.1 Å². The minimum atomic E-state index is -0.156. The van der Waals surface area contributed by atoms with E-state index in [1.54, 1.807) is 11.3 Å². The van der Waals surface area contributed by atoms with Crippen LogP contribution in [0, 0.1) is 11.3 Å². The van der Waals surface area contributed by atoms with Crippen molar-refractivity contribution in [2.75, 3.05) is 5.32 Å². The van der Waals surface area contributed by atoms with E-state index < -0.39 is 0 Å². The number of nitrogens with zero attached hydrogens (tertiary/aromatic N) is 1. The van der Waals surface area contributed by atoms with E-state index in [0.29, 0.717) is 11.6 Å². The van der Waals surface area contributed by atoms with Crippen molar-refractivity contribution in [1.29, 1.82) is 5.26 Å². The molecule has 3 rings (SSSR count). The van der Waals surface area contributed by atoms with Crippen molar-refractivity contribution in [3.63, 3.8) is 0 Å². The van der Waals surface area contributed by atoms with Crippen molar-refractivity contribution < 1.29 is 4.79 Å². The van der Waals surface area contributed by atoms with E-state index in [-0.39, 0.29) is 6.03 Å². The lowest BCUT2D eigenvalue weighted by molar-refractivity contribution is 0.244. The number of hydrogen-bond donors (Lipinski definition) is 2. The van der Waals surface area contributed by atoms with E-state index >= 15 is 0 Å². The summed E-state index contributed by atoms with van der Waals surface area (Å²) in [6, 6.07) is 2.42. The molecule has 0 spiro atoms. The first kappa shape index (κ1) is 14.4. The predicted octanol–water partition coefficient (Wildman–Crippen LogP) is 3.95. The highest BCUT2D eigenvalue weighted by molar-refractivity contribution is 7.16. The summed E-state index contributed by atoms with van der Waals surface area (Å²) in [7, 11) is 0. The fourth-order valence-electron chi connectivity index (χ4n) is 3.34. The average Bonchev–Trinajstić information content (AvgIpc) is 2.85. The monoisotopic (exact) mass is 303 g/mol. The van der Waals surface area contributed by atoms with Gasteiger partial charge in [-0.15, -0.1) is 11.3 Å². The van der Waals surface area contributed by atoms with E-state index in [9.17, 15) is 10.1 Å².